The first-order chi connectivity index (χ1) is 10.2. The first kappa shape index (κ1) is 13.4. The Hall–Kier alpha value is -2.54. The Morgan fingerprint density at radius 1 is 1.14 bits per heavy atom. The zero-order chi connectivity index (χ0) is 14.8. The Bertz CT molecular complexity index is 767. The summed E-state index contributed by atoms with van der Waals surface area (Å²) >= 11 is 0. The summed E-state index contributed by atoms with van der Waals surface area (Å²) in [5.74, 6) is 0.177. The number of nitrogens with two attached hydrogens (primary N) is 1. The number of furan rings is 1. The fourth-order valence-electron chi connectivity index (χ4n) is 1.86. The number of rotatable bonds is 4. The highest BCUT2D eigenvalue weighted by Crippen LogP contribution is 2.21. The number of hydrogen-bond acceptors (Lipinski definition) is 5. The molecule has 2 aromatic heterocycles. The van der Waals surface area contributed by atoms with Crippen molar-refractivity contribution in [3.8, 4) is 11.7 Å². The molecular formula is C14H11F2N3O2. The highest BCUT2D eigenvalue weighted by Gasteiger charge is 2.14. The number of hydrogen-bond donors (Lipinski definition) is 1. The molecule has 108 valence electrons. The Morgan fingerprint density at radius 3 is 2.71 bits per heavy atom. The lowest BCUT2D eigenvalue weighted by atomic mass is 10.1. The molecule has 0 bridgehead atoms. The second-order valence-electron chi connectivity index (χ2n) is 4.40. The summed E-state index contributed by atoms with van der Waals surface area (Å²) in [6.45, 7) is 0.266. The third-order valence-corrected chi connectivity index (χ3v) is 2.91. The predicted molar refractivity (Wildman–Crippen MR) is 69.1 cm³/mol. The Balaban J connectivity index is 1.81. The van der Waals surface area contributed by atoms with Crippen LogP contribution < -0.4 is 5.73 Å². The van der Waals surface area contributed by atoms with Crippen LogP contribution in [0.1, 0.15) is 17.1 Å². The number of benzene rings is 1. The van der Waals surface area contributed by atoms with Gasteiger partial charge in [0.25, 0.3) is 5.89 Å². The second kappa shape index (κ2) is 5.45. The summed E-state index contributed by atoms with van der Waals surface area (Å²) in [7, 11) is 0. The van der Waals surface area contributed by atoms with Gasteiger partial charge in [-0.1, -0.05) is 11.2 Å². The van der Waals surface area contributed by atoms with E-state index in [0.29, 0.717) is 11.5 Å². The normalized spacial score (nSPS) is 11.0. The molecule has 3 rings (SSSR count). The van der Waals surface area contributed by atoms with Crippen LogP contribution in [0.5, 0.6) is 0 Å². The zero-order valence-electron chi connectivity index (χ0n) is 10.8. The number of halogens is 2. The Labute approximate surface area is 118 Å². The van der Waals surface area contributed by atoms with Crippen molar-refractivity contribution in [2.24, 2.45) is 5.73 Å². The molecule has 1 aromatic carbocycles. The van der Waals surface area contributed by atoms with Crippen molar-refractivity contribution in [2.45, 2.75) is 13.0 Å². The van der Waals surface area contributed by atoms with E-state index in [9.17, 15) is 8.78 Å². The van der Waals surface area contributed by atoms with Gasteiger partial charge in [-0.3, -0.25) is 0 Å². The van der Waals surface area contributed by atoms with Crippen molar-refractivity contribution >= 4 is 0 Å². The lowest BCUT2D eigenvalue weighted by molar-refractivity contribution is 0.405. The van der Waals surface area contributed by atoms with Crippen molar-refractivity contribution in [3.05, 3.63) is 59.1 Å². The molecule has 2 heterocycles. The van der Waals surface area contributed by atoms with Gasteiger partial charge in [0.2, 0.25) is 0 Å². The highest BCUT2D eigenvalue weighted by molar-refractivity contribution is 5.44. The molecule has 7 heteroatoms. The van der Waals surface area contributed by atoms with Crippen LogP contribution in [-0.2, 0) is 13.0 Å². The van der Waals surface area contributed by atoms with Crippen molar-refractivity contribution in [1.82, 2.24) is 10.1 Å². The van der Waals surface area contributed by atoms with Gasteiger partial charge in [0.05, 0.1) is 6.54 Å². The van der Waals surface area contributed by atoms with E-state index >= 15 is 0 Å². The van der Waals surface area contributed by atoms with E-state index in [0.717, 1.165) is 6.07 Å². The molecular weight excluding hydrogens is 280 g/mol. The molecule has 0 aliphatic heterocycles. The third-order valence-electron chi connectivity index (χ3n) is 2.91. The molecule has 0 amide bonds. The topological polar surface area (TPSA) is 78.1 Å². The third kappa shape index (κ3) is 2.82. The maximum absolute atomic E-state index is 13.6. The molecule has 0 fully saturated rings. The molecule has 0 radical (unpaired) electrons. The van der Waals surface area contributed by atoms with Gasteiger partial charge in [0.1, 0.15) is 17.4 Å². The molecule has 0 aliphatic rings. The summed E-state index contributed by atoms with van der Waals surface area (Å²) in [5, 5.41) is 3.75. The van der Waals surface area contributed by atoms with E-state index in [1.54, 1.807) is 12.1 Å². The fourth-order valence-corrected chi connectivity index (χ4v) is 1.86. The van der Waals surface area contributed by atoms with Crippen LogP contribution in [0.2, 0.25) is 0 Å². The van der Waals surface area contributed by atoms with Crippen LogP contribution in [-0.4, -0.2) is 10.1 Å². The molecule has 0 atom stereocenters. The minimum atomic E-state index is -0.648. The van der Waals surface area contributed by atoms with Crippen LogP contribution in [0.3, 0.4) is 0 Å². The monoisotopic (exact) mass is 291 g/mol. The predicted octanol–water partition coefficient (Wildman–Crippen LogP) is 2.66. The van der Waals surface area contributed by atoms with Gasteiger partial charge in [-0.2, -0.15) is 4.98 Å². The van der Waals surface area contributed by atoms with Gasteiger partial charge in [-0.25, -0.2) is 8.78 Å². The Morgan fingerprint density at radius 2 is 2.00 bits per heavy atom. The summed E-state index contributed by atoms with van der Waals surface area (Å²) in [6, 6.07) is 6.72. The van der Waals surface area contributed by atoms with Gasteiger partial charge >= 0.3 is 0 Å². The SMILES string of the molecule is NCc1ccc(-c2nc(Cc3ccc(F)cc3F)no2)o1. The molecule has 0 aliphatic carbocycles. The van der Waals surface area contributed by atoms with Gasteiger partial charge in [0, 0.05) is 12.5 Å². The van der Waals surface area contributed by atoms with Crippen molar-refractivity contribution in [2.75, 3.05) is 0 Å². The van der Waals surface area contributed by atoms with Gasteiger partial charge in [-0.15, -0.1) is 0 Å². The summed E-state index contributed by atoms with van der Waals surface area (Å²) in [5.41, 5.74) is 5.73. The summed E-state index contributed by atoms with van der Waals surface area (Å²) in [4.78, 5) is 4.11. The second-order valence-corrected chi connectivity index (χ2v) is 4.40. The maximum Gasteiger partial charge on any atom is 0.293 e. The molecule has 0 saturated heterocycles. The lowest BCUT2D eigenvalue weighted by Crippen LogP contribution is -1.95. The van der Waals surface area contributed by atoms with Crippen LogP contribution in [0, 0.1) is 11.6 Å². The molecule has 5 nitrogen and oxygen atoms in total. The quantitative estimate of drug-likeness (QED) is 0.799. The first-order valence-corrected chi connectivity index (χ1v) is 6.21. The van der Waals surface area contributed by atoms with Crippen LogP contribution in [0.15, 0.2) is 39.3 Å². The standard InChI is InChI=1S/C14H11F2N3O2/c15-9-2-1-8(11(16)6-9)5-13-18-14(21-19-13)12-4-3-10(7-17)20-12/h1-4,6H,5,7,17H2. The molecule has 0 unspecified atom stereocenters. The average molecular weight is 291 g/mol. The van der Waals surface area contributed by atoms with E-state index in [1.165, 1.54) is 12.1 Å². The zero-order valence-corrected chi connectivity index (χ0v) is 10.8. The maximum atomic E-state index is 13.6. The average Bonchev–Trinajstić information content (AvgIpc) is 3.10. The van der Waals surface area contributed by atoms with E-state index < -0.39 is 11.6 Å². The van der Waals surface area contributed by atoms with Crippen LogP contribution in [0.4, 0.5) is 8.78 Å². The molecule has 0 saturated carbocycles. The van der Waals surface area contributed by atoms with Gasteiger partial charge in [-0.05, 0) is 23.8 Å². The van der Waals surface area contributed by atoms with Crippen molar-refractivity contribution in [1.29, 1.82) is 0 Å². The molecule has 0 spiro atoms. The summed E-state index contributed by atoms with van der Waals surface area (Å²) < 4.78 is 36.8. The van der Waals surface area contributed by atoms with E-state index in [2.05, 4.69) is 10.1 Å². The highest BCUT2D eigenvalue weighted by atomic mass is 19.1. The largest absolute Gasteiger partial charge is 0.455 e. The van der Waals surface area contributed by atoms with Gasteiger partial charge in [0.15, 0.2) is 11.6 Å². The van der Waals surface area contributed by atoms with Crippen molar-refractivity contribution in [3.63, 3.8) is 0 Å². The van der Waals surface area contributed by atoms with Crippen LogP contribution in [0.25, 0.3) is 11.7 Å². The first-order valence-electron chi connectivity index (χ1n) is 6.21. The van der Waals surface area contributed by atoms with E-state index in [-0.39, 0.29) is 30.2 Å². The smallest absolute Gasteiger partial charge is 0.293 e. The summed E-state index contributed by atoms with van der Waals surface area (Å²) in [6.07, 6.45) is 0.0973. The minimum Gasteiger partial charge on any atom is -0.455 e. The molecule has 21 heavy (non-hydrogen) atoms. The van der Waals surface area contributed by atoms with Crippen molar-refractivity contribution < 1.29 is 17.7 Å². The number of aromatic nitrogens is 2. The lowest BCUT2D eigenvalue weighted by Gasteiger charge is -1.98. The van der Waals surface area contributed by atoms with E-state index in [4.69, 9.17) is 14.7 Å². The molecule has 2 N–H and O–H groups in total. The number of nitrogens with zero attached hydrogens (tertiary/aromatic N) is 2. The van der Waals surface area contributed by atoms with Gasteiger partial charge < -0.3 is 14.7 Å². The molecule has 3 aromatic rings. The van der Waals surface area contributed by atoms with E-state index in [1.807, 2.05) is 0 Å². The Kier molecular flexibility index (Phi) is 3.49. The minimum absolute atomic E-state index is 0.0973. The van der Waals surface area contributed by atoms with Crippen LogP contribution >= 0.6 is 0 Å². The fraction of sp³-hybridized carbons (Fsp3) is 0.143.